The fourth-order valence-corrected chi connectivity index (χ4v) is 2.32. The highest BCUT2D eigenvalue weighted by Gasteiger charge is 2.19. The van der Waals surface area contributed by atoms with Gasteiger partial charge in [-0.25, -0.2) is 4.98 Å². The van der Waals surface area contributed by atoms with Crippen molar-refractivity contribution < 1.29 is 0 Å². The Balaban J connectivity index is 2.61. The molecule has 0 saturated heterocycles. The summed E-state index contributed by atoms with van der Waals surface area (Å²) in [5.74, 6) is 1.30. The summed E-state index contributed by atoms with van der Waals surface area (Å²) in [4.78, 5) is 4.72. The maximum Gasteiger partial charge on any atom is 0.114 e. The van der Waals surface area contributed by atoms with Crippen molar-refractivity contribution in [3.05, 3.63) is 29.0 Å². The number of halogens is 1. The quantitative estimate of drug-likeness (QED) is 0.919. The van der Waals surface area contributed by atoms with Crippen LogP contribution in [0.15, 0.2) is 18.2 Å². The third kappa shape index (κ3) is 2.38. The van der Waals surface area contributed by atoms with Gasteiger partial charge >= 0.3 is 0 Å². The molecule has 0 aliphatic carbocycles. The van der Waals surface area contributed by atoms with E-state index in [-0.39, 0.29) is 12.0 Å². The van der Waals surface area contributed by atoms with E-state index in [2.05, 4.69) is 18.4 Å². The van der Waals surface area contributed by atoms with E-state index in [1.54, 1.807) is 0 Å². The average Bonchev–Trinajstić information content (AvgIpc) is 2.67. The molecule has 2 N–H and O–H groups in total. The van der Waals surface area contributed by atoms with Crippen LogP contribution in [0.25, 0.3) is 11.0 Å². The molecule has 2 aromatic rings. The first-order valence-corrected chi connectivity index (χ1v) is 6.83. The maximum absolute atomic E-state index is 6.08. The van der Waals surface area contributed by atoms with Crippen molar-refractivity contribution in [1.82, 2.24) is 9.55 Å². The van der Waals surface area contributed by atoms with Gasteiger partial charge in [-0.15, -0.1) is 0 Å². The third-order valence-electron chi connectivity index (χ3n) is 3.38. The first-order chi connectivity index (χ1) is 8.54. The summed E-state index contributed by atoms with van der Waals surface area (Å²) in [5.41, 5.74) is 8.10. The van der Waals surface area contributed by atoms with E-state index in [9.17, 15) is 0 Å². The second-order valence-corrected chi connectivity index (χ2v) is 5.34. The molecule has 0 aliphatic rings. The monoisotopic (exact) mass is 265 g/mol. The molecule has 0 radical (unpaired) electrons. The van der Waals surface area contributed by atoms with Crippen molar-refractivity contribution >= 4 is 22.6 Å². The molecule has 2 unspecified atom stereocenters. The number of nitrogens with two attached hydrogens (primary N) is 1. The molecule has 0 amide bonds. The van der Waals surface area contributed by atoms with Gasteiger partial charge in [0, 0.05) is 23.5 Å². The van der Waals surface area contributed by atoms with Crippen LogP contribution < -0.4 is 5.73 Å². The zero-order chi connectivity index (χ0) is 13.3. The fourth-order valence-electron chi connectivity index (χ4n) is 2.16. The minimum atomic E-state index is 0.0906. The number of aromatic nitrogens is 2. The van der Waals surface area contributed by atoms with Gasteiger partial charge in [-0.3, -0.25) is 0 Å². The molecule has 1 aromatic heterocycles. The second-order valence-electron chi connectivity index (χ2n) is 4.90. The zero-order valence-corrected chi connectivity index (χ0v) is 11.9. The van der Waals surface area contributed by atoms with Gasteiger partial charge in [0.1, 0.15) is 5.82 Å². The topological polar surface area (TPSA) is 43.8 Å². The lowest BCUT2D eigenvalue weighted by molar-refractivity contribution is 0.539. The molecule has 0 bridgehead atoms. The number of rotatable bonds is 4. The van der Waals surface area contributed by atoms with Crippen LogP contribution in [0.5, 0.6) is 0 Å². The second kappa shape index (κ2) is 5.29. The highest BCUT2D eigenvalue weighted by molar-refractivity contribution is 6.31. The predicted octanol–water partition coefficient (Wildman–Crippen LogP) is 3.55. The van der Waals surface area contributed by atoms with Gasteiger partial charge in [0.05, 0.1) is 11.0 Å². The summed E-state index contributed by atoms with van der Waals surface area (Å²) in [6.45, 7) is 7.26. The molecule has 1 heterocycles. The van der Waals surface area contributed by atoms with Gasteiger partial charge in [0.15, 0.2) is 0 Å². The third-order valence-corrected chi connectivity index (χ3v) is 3.62. The van der Waals surface area contributed by atoms with Crippen molar-refractivity contribution in [2.45, 2.75) is 45.7 Å². The highest BCUT2D eigenvalue weighted by Crippen LogP contribution is 2.26. The number of hydrogen-bond acceptors (Lipinski definition) is 2. The molecule has 2 rings (SSSR count). The number of nitrogens with zero attached hydrogens (tertiary/aromatic N) is 2. The summed E-state index contributed by atoms with van der Waals surface area (Å²) in [5, 5.41) is 0.750. The van der Waals surface area contributed by atoms with Crippen molar-refractivity contribution in [3.8, 4) is 0 Å². The van der Waals surface area contributed by atoms with E-state index in [0.29, 0.717) is 0 Å². The summed E-state index contributed by atoms with van der Waals surface area (Å²) in [7, 11) is 0. The summed E-state index contributed by atoms with van der Waals surface area (Å²) in [6.07, 6.45) is 1.07. The van der Waals surface area contributed by atoms with Crippen molar-refractivity contribution in [1.29, 1.82) is 0 Å². The fraction of sp³-hybridized carbons (Fsp3) is 0.500. The van der Waals surface area contributed by atoms with Gasteiger partial charge in [-0.1, -0.05) is 25.4 Å². The molecular weight excluding hydrogens is 246 g/mol. The Morgan fingerprint density at radius 2 is 2.11 bits per heavy atom. The van der Waals surface area contributed by atoms with Gasteiger partial charge in [0.2, 0.25) is 0 Å². The molecule has 2 atom stereocenters. The number of fused-ring (bicyclic) bond motifs is 1. The van der Waals surface area contributed by atoms with Crippen LogP contribution in [-0.4, -0.2) is 15.6 Å². The van der Waals surface area contributed by atoms with Crippen molar-refractivity contribution in [3.63, 3.8) is 0 Å². The lowest BCUT2D eigenvalue weighted by atomic mass is 10.0. The average molecular weight is 266 g/mol. The zero-order valence-electron chi connectivity index (χ0n) is 11.2. The SMILES string of the molecule is CCCn1c(C(C)C(C)N)nc2ccc(Cl)cc21. The molecule has 0 aliphatic heterocycles. The minimum Gasteiger partial charge on any atom is -0.328 e. The van der Waals surface area contributed by atoms with Gasteiger partial charge < -0.3 is 10.3 Å². The van der Waals surface area contributed by atoms with E-state index in [4.69, 9.17) is 22.3 Å². The normalized spacial score (nSPS) is 14.9. The molecule has 98 valence electrons. The number of hydrogen-bond donors (Lipinski definition) is 1. The summed E-state index contributed by atoms with van der Waals surface area (Å²) < 4.78 is 2.25. The highest BCUT2D eigenvalue weighted by atomic mass is 35.5. The van der Waals surface area contributed by atoms with Gasteiger partial charge in [-0.2, -0.15) is 0 Å². The standard InChI is InChI=1S/C14H20ClN3/c1-4-7-18-13-8-11(15)5-6-12(13)17-14(18)9(2)10(3)16/h5-6,8-10H,4,7,16H2,1-3H3. The van der Waals surface area contributed by atoms with Crippen LogP contribution in [0.3, 0.4) is 0 Å². The predicted molar refractivity (Wildman–Crippen MR) is 77.1 cm³/mol. The molecule has 0 fully saturated rings. The molecule has 18 heavy (non-hydrogen) atoms. The van der Waals surface area contributed by atoms with Crippen LogP contribution >= 0.6 is 11.6 Å². The number of benzene rings is 1. The van der Waals surface area contributed by atoms with E-state index in [1.807, 2.05) is 25.1 Å². The molecule has 0 saturated carbocycles. The Morgan fingerprint density at radius 3 is 2.72 bits per heavy atom. The molecular formula is C14H20ClN3. The van der Waals surface area contributed by atoms with Crippen LogP contribution in [0.1, 0.15) is 38.9 Å². The Labute approximate surface area is 113 Å². The first kappa shape index (κ1) is 13.4. The smallest absolute Gasteiger partial charge is 0.114 e. The molecule has 3 nitrogen and oxygen atoms in total. The van der Waals surface area contributed by atoms with Gasteiger partial charge in [0.25, 0.3) is 0 Å². The Hall–Kier alpha value is -1.06. The number of aryl methyl sites for hydroxylation is 1. The van der Waals surface area contributed by atoms with E-state index >= 15 is 0 Å². The lowest BCUT2D eigenvalue weighted by Gasteiger charge is -2.17. The first-order valence-electron chi connectivity index (χ1n) is 6.45. The Bertz CT molecular complexity index is 545. The van der Waals surface area contributed by atoms with Crippen LogP contribution in [0.4, 0.5) is 0 Å². The van der Waals surface area contributed by atoms with E-state index in [1.165, 1.54) is 0 Å². The van der Waals surface area contributed by atoms with Crippen molar-refractivity contribution in [2.75, 3.05) is 0 Å². The van der Waals surface area contributed by atoms with Crippen molar-refractivity contribution in [2.24, 2.45) is 5.73 Å². The molecule has 4 heteroatoms. The summed E-state index contributed by atoms with van der Waals surface area (Å²) >= 11 is 6.08. The van der Waals surface area contributed by atoms with Gasteiger partial charge in [-0.05, 0) is 31.5 Å². The van der Waals surface area contributed by atoms with Crippen LogP contribution in [0.2, 0.25) is 5.02 Å². The minimum absolute atomic E-state index is 0.0906. The van der Waals surface area contributed by atoms with Crippen LogP contribution in [-0.2, 0) is 6.54 Å². The maximum atomic E-state index is 6.08. The summed E-state index contributed by atoms with van der Waals surface area (Å²) in [6, 6.07) is 5.93. The Morgan fingerprint density at radius 1 is 1.39 bits per heavy atom. The van der Waals surface area contributed by atoms with E-state index < -0.39 is 0 Å². The lowest BCUT2D eigenvalue weighted by Crippen LogP contribution is -2.25. The Kier molecular flexibility index (Phi) is 3.93. The molecule has 1 aromatic carbocycles. The molecule has 0 spiro atoms. The van der Waals surface area contributed by atoms with E-state index in [0.717, 1.165) is 34.8 Å². The largest absolute Gasteiger partial charge is 0.328 e. The number of imidazole rings is 1. The van der Waals surface area contributed by atoms with Crippen LogP contribution in [0, 0.1) is 0 Å².